The number of ether oxygens (including phenoxy) is 1. The van der Waals surface area contributed by atoms with E-state index in [1.807, 2.05) is 61.5 Å². The Labute approximate surface area is 238 Å². The van der Waals surface area contributed by atoms with Crippen molar-refractivity contribution < 1.29 is 9.53 Å². The quantitative estimate of drug-likeness (QED) is 0.262. The molecule has 0 spiro atoms. The summed E-state index contributed by atoms with van der Waals surface area (Å²) < 4.78 is 7.17. The summed E-state index contributed by atoms with van der Waals surface area (Å²) in [6, 6.07) is 21.4. The van der Waals surface area contributed by atoms with Gasteiger partial charge in [0.2, 0.25) is 5.91 Å². The first-order valence-corrected chi connectivity index (χ1v) is 13.4. The molecule has 1 saturated heterocycles. The zero-order valence-corrected chi connectivity index (χ0v) is 23.8. The van der Waals surface area contributed by atoms with Crippen LogP contribution in [-0.2, 0) is 9.53 Å². The van der Waals surface area contributed by atoms with Crippen LogP contribution < -0.4 is 15.5 Å². The smallest absolute Gasteiger partial charge is 0.250 e. The molecule has 4 aromatic rings. The molecule has 200 valence electrons. The highest BCUT2D eigenvalue weighted by Crippen LogP contribution is 2.44. The maximum atomic E-state index is 12.0. The topological polar surface area (TPSA) is 71.4 Å². The first-order valence-electron chi connectivity index (χ1n) is 12.6. The molecule has 5 rings (SSSR count). The van der Waals surface area contributed by atoms with E-state index >= 15 is 0 Å². The van der Waals surface area contributed by atoms with Crippen molar-refractivity contribution in [2.24, 2.45) is 0 Å². The van der Waals surface area contributed by atoms with Crippen molar-refractivity contribution in [1.29, 1.82) is 0 Å². The van der Waals surface area contributed by atoms with E-state index in [1.165, 1.54) is 7.11 Å². The average Bonchev–Trinajstić information content (AvgIpc) is 3.42. The number of rotatable bonds is 7. The van der Waals surface area contributed by atoms with E-state index in [-0.39, 0.29) is 24.6 Å². The molecule has 2 atom stereocenters. The fraction of sp³-hybridized carbons (Fsp3) is 0.233. The van der Waals surface area contributed by atoms with Crippen LogP contribution in [0.3, 0.4) is 0 Å². The SMILES string of the molecule is COCC(=O)Nc1ccc(N2C(=S)N[C@@H](c3ccccn3)[C@@H]2c2cc(C)n(-c3cccc(Cl)c3C)c2C)cc1. The lowest BCUT2D eigenvalue weighted by molar-refractivity contribution is -0.119. The molecular formula is C30H30ClN5O2S. The second-order valence-corrected chi connectivity index (χ2v) is 10.4. The van der Waals surface area contributed by atoms with Crippen LogP contribution in [0.15, 0.2) is 72.9 Å². The van der Waals surface area contributed by atoms with Gasteiger partial charge in [-0.25, -0.2) is 0 Å². The number of aryl methyl sites for hydroxylation is 1. The number of amides is 1. The van der Waals surface area contributed by atoms with E-state index in [0.29, 0.717) is 10.8 Å². The van der Waals surface area contributed by atoms with Crippen molar-refractivity contribution in [2.75, 3.05) is 23.9 Å². The molecular weight excluding hydrogens is 530 g/mol. The molecule has 2 N–H and O–H groups in total. The second kappa shape index (κ2) is 11.2. The van der Waals surface area contributed by atoms with Gasteiger partial charge >= 0.3 is 0 Å². The number of carbonyl (C=O) groups is 1. The number of benzene rings is 2. The summed E-state index contributed by atoms with van der Waals surface area (Å²) in [7, 11) is 1.49. The van der Waals surface area contributed by atoms with Gasteiger partial charge in [0.25, 0.3) is 0 Å². The van der Waals surface area contributed by atoms with Crippen LogP contribution in [-0.4, -0.2) is 34.3 Å². The van der Waals surface area contributed by atoms with Crippen LogP contribution in [0.5, 0.6) is 0 Å². The zero-order chi connectivity index (χ0) is 27.7. The van der Waals surface area contributed by atoms with Crippen LogP contribution in [0.25, 0.3) is 5.69 Å². The number of methoxy groups -OCH3 is 1. The van der Waals surface area contributed by atoms with Crippen LogP contribution >= 0.6 is 23.8 Å². The zero-order valence-electron chi connectivity index (χ0n) is 22.2. The second-order valence-electron chi connectivity index (χ2n) is 9.57. The largest absolute Gasteiger partial charge is 0.375 e. The Morgan fingerprint density at radius 3 is 2.56 bits per heavy atom. The van der Waals surface area contributed by atoms with Crippen LogP contribution in [0.4, 0.5) is 11.4 Å². The number of pyridine rings is 1. The molecule has 0 radical (unpaired) electrons. The van der Waals surface area contributed by atoms with Crippen molar-refractivity contribution in [3.05, 3.63) is 106 Å². The Morgan fingerprint density at radius 2 is 1.87 bits per heavy atom. The highest BCUT2D eigenvalue weighted by atomic mass is 35.5. The molecule has 0 aliphatic carbocycles. The Morgan fingerprint density at radius 1 is 1.10 bits per heavy atom. The van der Waals surface area contributed by atoms with Gasteiger partial charge in [-0.2, -0.15) is 0 Å². The van der Waals surface area contributed by atoms with Gasteiger partial charge in [0.05, 0.1) is 17.8 Å². The lowest BCUT2D eigenvalue weighted by atomic mass is 9.96. The monoisotopic (exact) mass is 559 g/mol. The summed E-state index contributed by atoms with van der Waals surface area (Å²) in [6.07, 6.45) is 1.80. The summed E-state index contributed by atoms with van der Waals surface area (Å²) in [5, 5.41) is 7.71. The summed E-state index contributed by atoms with van der Waals surface area (Å²) in [4.78, 5) is 18.8. The normalized spacial score (nSPS) is 16.8. The van der Waals surface area contributed by atoms with Gasteiger partial charge in [0, 0.05) is 46.8 Å². The molecule has 0 unspecified atom stereocenters. The first kappa shape index (κ1) is 26.9. The molecule has 39 heavy (non-hydrogen) atoms. The Hall–Kier alpha value is -3.72. The van der Waals surface area contributed by atoms with Gasteiger partial charge in [-0.1, -0.05) is 23.7 Å². The van der Waals surface area contributed by atoms with Crippen LogP contribution in [0.2, 0.25) is 5.02 Å². The van der Waals surface area contributed by atoms with Crippen molar-refractivity contribution in [1.82, 2.24) is 14.9 Å². The Bertz CT molecular complexity index is 1520. The van der Waals surface area contributed by atoms with Gasteiger partial charge in [-0.3, -0.25) is 9.78 Å². The third-order valence-electron chi connectivity index (χ3n) is 7.07. The van der Waals surface area contributed by atoms with E-state index < -0.39 is 0 Å². The van der Waals surface area contributed by atoms with Gasteiger partial charge in [-0.05, 0) is 98.7 Å². The van der Waals surface area contributed by atoms with E-state index in [0.717, 1.165) is 44.6 Å². The van der Waals surface area contributed by atoms with Gasteiger partial charge < -0.3 is 24.8 Å². The fourth-order valence-corrected chi connectivity index (χ4v) is 5.79. The van der Waals surface area contributed by atoms with Crippen molar-refractivity contribution in [3.63, 3.8) is 0 Å². The lowest BCUT2D eigenvalue weighted by Crippen LogP contribution is -2.29. The molecule has 9 heteroatoms. The number of hydrogen-bond acceptors (Lipinski definition) is 4. The van der Waals surface area contributed by atoms with Gasteiger partial charge in [0.15, 0.2) is 5.11 Å². The minimum atomic E-state index is -0.208. The fourth-order valence-electron chi connectivity index (χ4n) is 5.28. The summed E-state index contributed by atoms with van der Waals surface area (Å²) >= 11 is 12.4. The number of halogens is 1. The molecule has 7 nitrogen and oxygen atoms in total. The van der Waals surface area contributed by atoms with E-state index in [1.54, 1.807) is 6.20 Å². The highest BCUT2D eigenvalue weighted by molar-refractivity contribution is 7.80. The van der Waals surface area contributed by atoms with Crippen LogP contribution in [0, 0.1) is 20.8 Å². The maximum Gasteiger partial charge on any atom is 0.250 e. The van der Waals surface area contributed by atoms with E-state index in [4.69, 9.17) is 28.6 Å². The molecule has 1 amide bonds. The minimum absolute atomic E-state index is 0.00255. The third kappa shape index (κ3) is 5.15. The predicted molar refractivity (Wildman–Crippen MR) is 160 cm³/mol. The lowest BCUT2D eigenvalue weighted by Gasteiger charge is -2.28. The molecule has 3 heterocycles. The highest BCUT2D eigenvalue weighted by Gasteiger charge is 2.42. The molecule has 2 aromatic heterocycles. The maximum absolute atomic E-state index is 12.0. The van der Waals surface area contributed by atoms with E-state index in [9.17, 15) is 4.79 Å². The first-order chi connectivity index (χ1) is 18.8. The van der Waals surface area contributed by atoms with E-state index in [2.05, 4.69) is 51.1 Å². The number of hydrogen-bond donors (Lipinski definition) is 2. The number of thiocarbonyl (C=S) groups is 1. The van der Waals surface area contributed by atoms with Crippen LogP contribution in [0.1, 0.15) is 40.3 Å². The molecule has 1 aliphatic rings. The molecule has 0 bridgehead atoms. The standard InChI is InChI=1S/C30H30ClN5O2S/c1-18-16-23(20(3)35(18)26-10-7-8-24(31)19(26)2)29-28(25-9-5-6-15-32-25)34-30(39)36(29)22-13-11-21(12-14-22)33-27(37)17-38-4/h5-16,28-29H,17H2,1-4H3,(H,33,37)(H,34,39)/t28-,29-/m0/s1. The Balaban J connectivity index is 1.60. The van der Waals surface area contributed by atoms with Gasteiger partial charge in [0.1, 0.15) is 6.61 Å². The summed E-state index contributed by atoms with van der Waals surface area (Å²) in [5.41, 5.74) is 7.90. The molecule has 1 fully saturated rings. The number of nitrogens with zero attached hydrogens (tertiary/aromatic N) is 3. The van der Waals surface area contributed by atoms with Crippen molar-refractivity contribution in [2.45, 2.75) is 32.9 Å². The number of aromatic nitrogens is 2. The van der Waals surface area contributed by atoms with Gasteiger partial charge in [-0.15, -0.1) is 0 Å². The summed E-state index contributed by atoms with van der Waals surface area (Å²) in [6.45, 7) is 6.27. The average molecular weight is 560 g/mol. The minimum Gasteiger partial charge on any atom is -0.375 e. The molecule has 1 aliphatic heterocycles. The summed E-state index contributed by atoms with van der Waals surface area (Å²) in [5.74, 6) is -0.208. The van der Waals surface area contributed by atoms with Crippen molar-refractivity contribution >= 4 is 46.2 Å². The molecule has 2 aromatic carbocycles. The predicted octanol–water partition coefficient (Wildman–Crippen LogP) is 6.21. The number of nitrogens with one attached hydrogen (secondary N) is 2. The van der Waals surface area contributed by atoms with Crippen molar-refractivity contribution in [3.8, 4) is 5.69 Å². The molecule has 0 saturated carbocycles. The number of carbonyl (C=O) groups excluding carboxylic acids is 1. The number of anilines is 2. The third-order valence-corrected chi connectivity index (χ3v) is 7.80. The Kier molecular flexibility index (Phi) is 7.70.